The van der Waals surface area contributed by atoms with E-state index in [1.54, 1.807) is 43.0 Å². The predicted octanol–water partition coefficient (Wildman–Crippen LogP) is 1.93. The van der Waals surface area contributed by atoms with Gasteiger partial charge in [-0.15, -0.1) is 0 Å². The standard InChI is InChI=1S/C17H12N4O2/c22-15(12-4-3-7-18-8-12)10-20-16-9-19-11-21(16)14-6-2-1-5-13(14)17(20)23/h1-9,11H,10H2. The number of rotatable bonds is 3. The van der Waals surface area contributed by atoms with Crippen LogP contribution >= 0.6 is 0 Å². The molecule has 0 saturated heterocycles. The SMILES string of the molecule is O=C(Cn1c(=O)c2ccccc2n2cncc12)c1cccnc1. The molecule has 3 heterocycles. The average molecular weight is 304 g/mol. The smallest absolute Gasteiger partial charge is 0.262 e. The quantitative estimate of drug-likeness (QED) is 0.542. The Balaban J connectivity index is 1.92. The number of pyridine rings is 1. The van der Waals surface area contributed by atoms with Crippen LogP contribution in [0.2, 0.25) is 0 Å². The zero-order valence-corrected chi connectivity index (χ0v) is 12.1. The maximum atomic E-state index is 12.8. The van der Waals surface area contributed by atoms with Gasteiger partial charge >= 0.3 is 0 Å². The van der Waals surface area contributed by atoms with Gasteiger partial charge in [-0.05, 0) is 24.3 Å². The Morgan fingerprint density at radius 1 is 1.04 bits per heavy atom. The number of benzene rings is 1. The molecule has 6 heteroatoms. The largest absolute Gasteiger partial charge is 0.292 e. The number of carbonyl (C=O) groups excluding carboxylic acids is 1. The Bertz CT molecular complexity index is 1080. The number of para-hydroxylation sites is 1. The van der Waals surface area contributed by atoms with E-state index < -0.39 is 0 Å². The number of fused-ring (bicyclic) bond motifs is 3. The van der Waals surface area contributed by atoms with Crippen LogP contribution in [-0.2, 0) is 6.54 Å². The summed E-state index contributed by atoms with van der Waals surface area (Å²) in [6.45, 7) is -0.0510. The van der Waals surface area contributed by atoms with Crippen LogP contribution in [0.25, 0.3) is 16.6 Å². The topological polar surface area (TPSA) is 69.3 Å². The fourth-order valence-electron chi connectivity index (χ4n) is 2.70. The molecular formula is C17H12N4O2. The number of Topliss-reactive ketones (excluding diaryl/α,β-unsaturated/α-hetero) is 1. The van der Waals surface area contributed by atoms with Gasteiger partial charge in [0.15, 0.2) is 5.78 Å². The van der Waals surface area contributed by atoms with Crippen LogP contribution in [0.4, 0.5) is 0 Å². The van der Waals surface area contributed by atoms with Gasteiger partial charge in [0.2, 0.25) is 0 Å². The third-order valence-corrected chi connectivity index (χ3v) is 3.82. The fourth-order valence-corrected chi connectivity index (χ4v) is 2.70. The third-order valence-electron chi connectivity index (χ3n) is 3.82. The molecule has 1 aromatic carbocycles. The van der Waals surface area contributed by atoms with Crippen LogP contribution in [0.5, 0.6) is 0 Å². The predicted molar refractivity (Wildman–Crippen MR) is 85.5 cm³/mol. The number of hydrogen-bond acceptors (Lipinski definition) is 4. The van der Waals surface area contributed by atoms with Crippen LogP contribution in [-0.4, -0.2) is 24.7 Å². The van der Waals surface area contributed by atoms with Gasteiger partial charge in [-0.3, -0.25) is 23.5 Å². The van der Waals surface area contributed by atoms with E-state index in [4.69, 9.17) is 0 Å². The molecule has 23 heavy (non-hydrogen) atoms. The number of ketones is 1. The molecule has 0 bridgehead atoms. The average Bonchev–Trinajstić information content (AvgIpc) is 3.09. The first kappa shape index (κ1) is 13.4. The highest BCUT2D eigenvalue weighted by Gasteiger charge is 2.14. The fraction of sp³-hybridized carbons (Fsp3) is 0.0588. The molecule has 112 valence electrons. The number of imidazole rings is 1. The van der Waals surface area contributed by atoms with Crippen molar-refractivity contribution in [2.45, 2.75) is 6.54 Å². The van der Waals surface area contributed by atoms with Crippen molar-refractivity contribution in [1.82, 2.24) is 18.9 Å². The Kier molecular flexibility index (Phi) is 3.01. The van der Waals surface area contributed by atoms with Crippen molar-refractivity contribution in [3.05, 3.63) is 77.2 Å². The molecule has 4 aromatic rings. The molecule has 6 nitrogen and oxygen atoms in total. The molecule has 0 spiro atoms. The number of hydrogen-bond donors (Lipinski definition) is 0. The summed E-state index contributed by atoms with van der Waals surface area (Å²) in [4.78, 5) is 33.3. The lowest BCUT2D eigenvalue weighted by atomic mass is 10.2. The Morgan fingerprint density at radius 3 is 2.74 bits per heavy atom. The van der Waals surface area contributed by atoms with Crippen LogP contribution in [0, 0.1) is 0 Å². The van der Waals surface area contributed by atoms with Gasteiger partial charge in [-0.2, -0.15) is 0 Å². The van der Waals surface area contributed by atoms with E-state index in [1.807, 2.05) is 16.5 Å². The molecule has 4 rings (SSSR count). The molecule has 0 N–H and O–H groups in total. The third kappa shape index (κ3) is 2.12. The van der Waals surface area contributed by atoms with E-state index in [9.17, 15) is 9.59 Å². The van der Waals surface area contributed by atoms with Crippen LogP contribution < -0.4 is 5.56 Å². The first-order chi connectivity index (χ1) is 11.3. The van der Waals surface area contributed by atoms with Crippen molar-refractivity contribution in [3.8, 4) is 0 Å². The molecule has 0 amide bonds. The molecule has 0 saturated carbocycles. The second-order valence-corrected chi connectivity index (χ2v) is 5.20. The van der Waals surface area contributed by atoms with Gasteiger partial charge in [0, 0.05) is 18.0 Å². The summed E-state index contributed by atoms with van der Waals surface area (Å²) in [7, 11) is 0. The maximum absolute atomic E-state index is 12.8. The monoisotopic (exact) mass is 304 g/mol. The van der Waals surface area contributed by atoms with Gasteiger partial charge in [0.25, 0.3) is 5.56 Å². The minimum Gasteiger partial charge on any atom is -0.292 e. The summed E-state index contributed by atoms with van der Waals surface area (Å²) in [5.74, 6) is -0.168. The van der Waals surface area contributed by atoms with Crippen molar-refractivity contribution >= 4 is 22.3 Å². The van der Waals surface area contributed by atoms with Gasteiger partial charge in [0.1, 0.15) is 12.0 Å². The van der Waals surface area contributed by atoms with E-state index in [0.29, 0.717) is 16.6 Å². The molecule has 3 aromatic heterocycles. The van der Waals surface area contributed by atoms with E-state index in [0.717, 1.165) is 5.52 Å². The van der Waals surface area contributed by atoms with Gasteiger partial charge < -0.3 is 0 Å². The van der Waals surface area contributed by atoms with Crippen LogP contribution in [0.3, 0.4) is 0 Å². The van der Waals surface area contributed by atoms with Crippen LogP contribution in [0.15, 0.2) is 66.1 Å². The van der Waals surface area contributed by atoms with E-state index >= 15 is 0 Å². The second kappa shape index (κ2) is 5.17. The summed E-state index contributed by atoms with van der Waals surface area (Å²) < 4.78 is 3.26. The second-order valence-electron chi connectivity index (χ2n) is 5.20. The highest BCUT2D eigenvalue weighted by Crippen LogP contribution is 2.13. The van der Waals surface area contributed by atoms with E-state index in [-0.39, 0.29) is 17.9 Å². The Morgan fingerprint density at radius 2 is 1.91 bits per heavy atom. The van der Waals surface area contributed by atoms with Gasteiger partial charge in [0.05, 0.1) is 23.6 Å². The lowest BCUT2D eigenvalue weighted by Crippen LogP contribution is -2.26. The van der Waals surface area contributed by atoms with Crippen LogP contribution in [0.1, 0.15) is 10.4 Å². The van der Waals surface area contributed by atoms with Crippen molar-refractivity contribution in [3.63, 3.8) is 0 Å². The van der Waals surface area contributed by atoms with Gasteiger partial charge in [-0.25, -0.2) is 4.98 Å². The summed E-state index contributed by atoms with van der Waals surface area (Å²) in [6.07, 6.45) is 6.34. The van der Waals surface area contributed by atoms with E-state index in [1.165, 1.54) is 10.8 Å². The zero-order chi connectivity index (χ0) is 15.8. The molecule has 0 aliphatic carbocycles. The zero-order valence-electron chi connectivity index (χ0n) is 12.1. The van der Waals surface area contributed by atoms with E-state index in [2.05, 4.69) is 9.97 Å². The minimum atomic E-state index is -0.203. The number of carbonyl (C=O) groups is 1. The minimum absolute atomic E-state index is 0.0510. The maximum Gasteiger partial charge on any atom is 0.262 e. The molecular weight excluding hydrogens is 292 g/mol. The van der Waals surface area contributed by atoms with Crippen molar-refractivity contribution in [2.24, 2.45) is 0 Å². The number of aromatic nitrogens is 4. The van der Waals surface area contributed by atoms with Crippen molar-refractivity contribution in [2.75, 3.05) is 0 Å². The Hall–Kier alpha value is -3.28. The number of nitrogens with zero attached hydrogens (tertiary/aromatic N) is 4. The summed E-state index contributed by atoms with van der Waals surface area (Å²) in [5, 5.41) is 0.553. The Labute approximate surface area is 130 Å². The molecule has 0 unspecified atom stereocenters. The molecule has 0 radical (unpaired) electrons. The van der Waals surface area contributed by atoms with Crippen molar-refractivity contribution < 1.29 is 4.79 Å². The van der Waals surface area contributed by atoms with Crippen molar-refractivity contribution in [1.29, 1.82) is 0 Å². The summed E-state index contributed by atoms with van der Waals surface area (Å²) in [5.41, 5.74) is 1.64. The first-order valence-corrected chi connectivity index (χ1v) is 7.12. The summed E-state index contributed by atoms with van der Waals surface area (Å²) in [6, 6.07) is 10.7. The lowest BCUT2D eigenvalue weighted by Gasteiger charge is -2.10. The molecule has 0 fully saturated rings. The summed E-state index contributed by atoms with van der Waals surface area (Å²) >= 11 is 0. The lowest BCUT2D eigenvalue weighted by molar-refractivity contribution is 0.0972. The highest BCUT2D eigenvalue weighted by atomic mass is 16.1. The van der Waals surface area contributed by atoms with Gasteiger partial charge in [-0.1, -0.05) is 12.1 Å². The normalized spacial score (nSPS) is 11.1. The molecule has 0 atom stereocenters. The highest BCUT2D eigenvalue weighted by molar-refractivity contribution is 5.96. The first-order valence-electron chi connectivity index (χ1n) is 7.12. The molecule has 0 aliphatic rings. The molecule has 0 aliphatic heterocycles.